The topological polar surface area (TPSA) is 63.8 Å². The summed E-state index contributed by atoms with van der Waals surface area (Å²) in [4.78, 5) is 8.32. The van der Waals surface area contributed by atoms with Crippen molar-refractivity contribution in [1.82, 2.24) is 9.97 Å². The van der Waals surface area contributed by atoms with Crippen LogP contribution in [0.2, 0.25) is 5.02 Å². The van der Waals surface area contributed by atoms with Crippen LogP contribution in [0.5, 0.6) is 0 Å². The molecule has 3 N–H and O–H groups in total. The predicted molar refractivity (Wildman–Crippen MR) is 74.7 cm³/mol. The minimum absolute atomic E-state index is 0.0948. The highest BCUT2D eigenvalue weighted by molar-refractivity contribution is 6.30. The molecule has 1 heterocycles. The maximum absolute atomic E-state index is 5.97. The van der Waals surface area contributed by atoms with Gasteiger partial charge < -0.3 is 11.1 Å². The van der Waals surface area contributed by atoms with Crippen LogP contribution in [0.15, 0.2) is 30.3 Å². The molecule has 0 fully saturated rings. The van der Waals surface area contributed by atoms with E-state index in [2.05, 4.69) is 15.3 Å². The fourth-order valence-corrected chi connectivity index (χ4v) is 1.94. The first kappa shape index (κ1) is 12.6. The minimum Gasteiger partial charge on any atom is -0.384 e. The maximum atomic E-state index is 5.97. The van der Waals surface area contributed by atoms with Crippen molar-refractivity contribution in [3.63, 3.8) is 0 Å². The van der Waals surface area contributed by atoms with Crippen LogP contribution in [-0.4, -0.2) is 9.97 Å². The Labute approximate surface area is 111 Å². The van der Waals surface area contributed by atoms with E-state index in [0.29, 0.717) is 17.5 Å². The standard InChI is InChI=1S/C13H15ClN4/c1-8(10-4-3-5-11(14)6-10)16-13-7-12(15)17-9(2)18-13/h3-8H,1-2H3,(H3,15,16,17,18). The molecule has 1 aromatic heterocycles. The number of hydrogen-bond acceptors (Lipinski definition) is 4. The number of anilines is 2. The molecule has 94 valence electrons. The summed E-state index contributed by atoms with van der Waals surface area (Å²) >= 11 is 5.97. The number of nitrogens with one attached hydrogen (secondary N) is 1. The average molecular weight is 263 g/mol. The fraction of sp³-hybridized carbons (Fsp3) is 0.231. The van der Waals surface area contributed by atoms with Crippen molar-refractivity contribution < 1.29 is 0 Å². The molecule has 5 heteroatoms. The van der Waals surface area contributed by atoms with Crippen molar-refractivity contribution in [2.75, 3.05) is 11.1 Å². The number of hydrogen-bond donors (Lipinski definition) is 2. The van der Waals surface area contributed by atoms with Crippen LogP contribution in [0, 0.1) is 6.92 Å². The molecular formula is C13H15ClN4. The van der Waals surface area contributed by atoms with Crippen molar-refractivity contribution in [2.24, 2.45) is 0 Å². The van der Waals surface area contributed by atoms with Gasteiger partial charge in [-0.15, -0.1) is 0 Å². The highest BCUT2D eigenvalue weighted by atomic mass is 35.5. The van der Waals surface area contributed by atoms with Crippen LogP contribution in [0.1, 0.15) is 24.4 Å². The first-order valence-electron chi connectivity index (χ1n) is 5.68. The largest absolute Gasteiger partial charge is 0.384 e. The lowest BCUT2D eigenvalue weighted by Gasteiger charge is -2.15. The van der Waals surface area contributed by atoms with Crippen LogP contribution >= 0.6 is 11.6 Å². The Hall–Kier alpha value is -1.81. The number of nitrogens with zero attached hydrogens (tertiary/aromatic N) is 2. The quantitative estimate of drug-likeness (QED) is 0.892. The van der Waals surface area contributed by atoms with Gasteiger partial charge in [0.1, 0.15) is 17.5 Å². The summed E-state index contributed by atoms with van der Waals surface area (Å²) < 4.78 is 0. The molecule has 2 aromatic rings. The summed E-state index contributed by atoms with van der Waals surface area (Å²) in [6.07, 6.45) is 0. The number of halogens is 1. The van der Waals surface area contributed by atoms with E-state index in [-0.39, 0.29) is 6.04 Å². The molecule has 18 heavy (non-hydrogen) atoms. The molecule has 2 rings (SSSR count). The Morgan fingerprint density at radius 1 is 1.28 bits per heavy atom. The second-order valence-corrected chi connectivity index (χ2v) is 4.58. The lowest BCUT2D eigenvalue weighted by atomic mass is 10.1. The van der Waals surface area contributed by atoms with Gasteiger partial charge in [0.25, 0.3) is 0 Å². The molecule has 1 unspecified atom stereocenters. The van der Waals surface area contributed by atoms with Gasteiger partial charge in [0, 0.05) is 17.1 Å². The third-order valence-corrected chi connectivity index (χ3v) is 2.81. The SMILES string of the molecule is Cc1nc(N)cc(NC(C)c2cccc(Cl)c2)n1. The summed E-state index contributed by atoms with van der Waals surface area (Å²) in [5.74, 6) is 1.83. The molecular weight excluding hydrogens is 248 g/mol. The van der Waals surface area contributed by atoms with E-state index in [9.17, 15) is 0 Å². The van der Waals surface area contributed by atoms with E-state index < -0.39 is 0 Å². The fourth-order valence-electron chi connectivity index (χ4n) is 1.75. The Balaban J connectivity index is 2.18. The van der Waals surface area contributed by atoms with E-state index in [1.165, 1.54) is 0 Å². The molecule has 0 spiro atoms. The molecule has 1 aromatic carbocycles. The van der Waals surface area contributed by atoms with E-state index >= 15 is 0 Å². The molecule has 0 bridgehead atoms. The van der Waals surface area contributed by atoms with Gasteiger partial charge >= 0.3 is 0 Å². The zero-order valence-corrected chi connectivity index (χ0v) is 11.1. The van der Waals surface area contributed by atoms with Gasteiger partial charge in [-0.2, -0.15) is 0 Å². The Bertz CT molecular complexity index is 536. The highest BCUT2D eigenvalue weighted by Crippen LogP contribution is 2.21. The maximum Gasteiger partial charge on any atom is 0.132 e. The number of rotatable bonds is 3. The minimum atomic E-state index is 0.0948. The van der Waals surface area contributed by atoms with Gasteiger partial charge in [-0.05, 0) is 31.5 Å². The number of nitrogen functional groups attached to an aromatic ring is 1. The van der Waals surface area contributed by atoms with Crippen molar-refractivity contribution >= 4 is 23.2 Å². The Morgan fingerprint density at radius 3 is 2.72 bits per heavy atom. The first-order chi connectivity index (χ1) is 8.54. The Morgan fingerprint density at radius 2 is 2.06 bits per heavy atom. The monoisotopic (exact) mass is 262 g/mol. The highest BCUT2D eigenvalue weighted by Gasteiger charge is 2.07. The lowest BCUT2D eigenvalue weighted by molar-refractivity contribution is 0.868. The van der Waals surface area contributed by atoms with E-state index in [0.717, 1.165) is 10.6 Å². The lowest BCUT2D eigenvalue weighted by Crippen LogP contribution is -2.09. The predicted octanol–water partition coefficient (Wildman–Crippen LogP) is 3.19. The van der Waals surface area contributed by atoms with Crippen molar-refractivity contribution in [3.8, 4) is 0 Å². The number of aromatic nitrogens is 2. The summed E-state index contributed by atoms with van der Waals surface area (Å²) in [6, 6.07) is 9.53. The molecule has 0 radical (unpaired) electrons. The van der Waals surface area contributed by atoms with E-state index in [1.54, 1.807) is 6.07 Å². The molecule has 0 saturated heterocycles. The van der Waals surface area contributed by atoms with Gasteiger partial charge in [0.05, 0.1) is 0 Å². The normalized spacial score (nSPS) is 12.2. The zero-order valence-electron chi connectivity index (χ0n) is 10.3. The average Bonchev–Trinajstić information content (AvgIpc) is 2.27. The summed E-state index contributed by atoms with van der Waals surface area (Å²) in [5.41, 5.74) is 6.78. The van der Waals surface area contributed by atoms with Crippen LogP contribution in [0.25, 0.3) is 0 Å². The van der Waals surface area contributed by atoms with Gasteiger partial charge in [-0.25, -0.2) is 9.97 Å². The second kappa shape index (κ2) is 5.23. The molecule has 0 amide bonds. The van der Waals surface area contributed by atoms with E-state index in [1.807, 2.05) is 38.1 Å². The van der Waals surface area contributed by atoms with Gasteiger partial charge in [-0.3, -0.25) is 0 Å². The molecule has 4 nitrogen and oxygen atoms in total. The molecule has 0 aliphatic rings. The zero-order chi connectivity index (χ0) is 13.1. The number of aryl methyl sites for hydroxylation is 1. The van der Waals surface area contributed by atoms with Crippen molar-refractivity contribution in [3.05, 3.63) is 46.7 Å². The van der Waals surface area contributed by atoms with E-state index in [4.69, 9.17) is 17.3 Å². The number of benzene rings is 1. The van der Waals surface area contributed by atoms with Crippen molar-refractivity contribution in [1.29, 1.82) is 0 Å². The molecule has 0 aliphatic heterocycles. The number of nitrogens with two attached hydrogens (primary N) is 1. The molecule has 0 aliphatic carbocycles. The van der Waals surface area contributed by atoms with Crippen LogP contribution in [0.4, 0.5) is 11.6 Å². The summed E-state index contributed by atoms with van der Waals surface area (Å²) in [7, 11) is 0. The van der Waals surface area contributed by atoms with Crippen LogP contribution in [-0.2, 0) is 0 Å². The third-order valence-electron chi connectivity index (χ3n) is 2.57. The third kappa shape index (κ3) is 3.11. The Kier molecular flexibility index (Phi) is 3.67. The van der Waals surface area contributed by atoms with Crippen LogP contribution in [0.3, 0.4) is 0 Å². The van der Waals surface area contributed by atoms with Gasteiger partial charge in [-0.1, -0.05) is 23.7 Å². The summed E-state index contributed by atoms with van der Waals surface area (Å²) in [6.45, 7) is 3.85. The summed E-state index contributed by atoms with van der Waals surface area (Å²) in [5, 5.41) is 4.00. The van der Waals surface area contributed by atoms with Crippen LogP contribution < -0.4 is 11.1 Å². The molecule has 0 saturated carbocycles. The smallest absolute Gasteiger partial charge is 0.132 e. The first-order valence-corrected chi connectivity index (χ1v) is 6.05. The van der Waals surface area contributed by atoms with Crippen molar-refractivity contribution in [2.45, 2.75) is 19.9 Å². The van der Waals surface area contributed by atoms with Gasteiger partial charge in [0.2, 0.25) is 0 Å². The molecule has 1 atom stereocenters. The van der Waals surface area contributed by atoms with Gasteiger partial charge in [0.15, 0.2) is 0 Å². The second-order valence-electron chi connectivity index (χ2n) is 4.15.